The third kappa shape index (κ3) is 4.64. The van der Waals surface area contributed by atoms with E-state index >= 15 is 0 Å². The summed E-state index contributed by atoms with van der Waals surface area (Å²) in [5, 5.41) is 6.14. The van der Waals surface area contributed by atoms with Gasteiger partial charge >= 0.3 is 0 Å². The van der Waals surface area contributed by atoms with E-state index in [-0.39, 0.29) is 23.3 Å². The Bertz CT molecular complexity index is 437. The van der Waals surface area contributed by atoms with Crippen LogP contribution in [0.3, 0.4) is 0 Å². The molecule has 1 aromatic rings. The second kappa shape index (κ2) is 7.68. The molecule has 106 valence electrons. The van der Waals surface area contributed by atoms with E-state index in [0.717, 1.165) is 32.0 Å². The first-order valence-electron chi connectivity index (χ1n) is 6.11. The highest BCUT2D eigenvalue weighted by Crippen LogP contribution is 2.15. The number of carbonyl (C=O) groups excluding carboxylic acids is 1. The van der Waals surface area contributed by atoms with Gasteiger partial charge in [-0.3, -0.25) is 4.79 Å². The Labute approximate surface area is 123 Å². The maximum absolute atomic E-state index is 13.2. The maximum atomic E-state index is 13.2. The van der Waals surface area contributed by atoms with Gasteiger partial charge in [-0.1, -0.05) is 11.6 Å². The maximum Gasteiger partial charge on any atom is 0.251 e. The lowest BCUT2D eigenvalue weighted by Crippen LogP contribution is -2.38. The monoisotopic (exact) mass is 306 g/mol. The van der Waals surface area contributed by atoms with E-state index in [9.17, 15) is 9.18 Å². The Kier molecular flexibility index (Phi) is 6.55. The summed E-state index contributed by atoms with van der Waals surface area (Å²) in [4.78, 5) is 11.8. The molecule has 0 spiro atoms. The number of benzene rings is 1. The topological polar surface area (TPSA) is 41.1 Å². The molecule has 0 aromatic heterocycles. The van der Waals surface area contributed by atoms with Gasteiger partial charge in [0.1, 0.15) is 5.82 Å². The van der Waals surface area contributed by atoms with Gasteiger partial charge in [0.2, 0.25) is 0 Å². The molecule has 0 saturated carbocycles. The van der Waals surface area contributed by atoms with Gasteiger partial charge in [-0.2, -0.15) is 0 Å². The molecule has 0 bridgehead atoms. The average molecular weight is 307 g/mol. The van der Waals surface area contributed by atoms with Crippen LogP contribution < -0.4 is 10.6 Å². The molecular formula is C13H17Cl2FN2O. The Balaban J connectivity index is 0.00000180. The standard InChI is InChI=1S/C13H16ClFN2O.ClH/c14-11-4-3-10(6-12(11)15)13(18)17-8-9-2-1-5-16-7-9;/h3-4,6,9,16H,1-2,5,7-8H2,(H,17,18);1H. The van der Waals surface area contributed by atoms with Gasteiger partial charge in [0.05, 0.1) is 5.02 Å². The van der Waals surface area contributed by atoms with Gasteiger partial charge in [0.25, 0.3) is 5.91 Å². The van der Waals surface area contributed by atoms with E-state index in [1.165, 1.54) is 12.1 Å². The average Bonchev–Trinajstić information content (AvgIpc) is 2.40. The number of amides is 1. The van der Waals surface area contributed by atoms with E-state index in [4.69, 9.17) is 11.6 Å². The van der Waals surface area contributed by atoms with Crippen molar-refractivity contribution in [1.82, 2.24) is 10.6 Å². The molecule has 19 heavy (non-hydrogen) atoms. The number of hydrogen-bond donors (Lipinski definition) is 2. The summed E-state index contributed by atoms with van der Waals surface area (Å²) in [5.74, 6) is -0.361. The molecule has 1 aliphatic heterocycles. The molecule has 6 heteroatoms. The van der Waals surface area contributed by atoms with Crippen LogP contribution in [-0.2, 0) is 0 Å². The van der Waals surface area contributed by atoms with Crippen LogP contribution in [0.1, 0.15) is 23.2 Å². The van der Waals surface area contributed by atoms with Crippen molar-refractivity contribution in [3.8, 4) is 0 Å². The third-order valence-electron chi connectivity index (χ3n) is 3.13. The van der Waals surface area contributed by atoms with Gasteiger partial charge in [-0.15, -0.1) is 12.4 Å². The Morgan fingerprint density at radius 1 is 1.53 bits per heavy atom. The summed E-state index contributed by atoms with van der Waals surface area (Å²) in [6.45, 7) is 2.60. The molecule has 3 nitrogen and oxygen atoms in total. The highest BCUT2D eigenvalue weighted by molar-refractivity contribution is 6.30. The first-order chi connectivity index (χ1) is 8.66. The van der Waals surface area contributed by atoms with Crippen LogP contribution in [-0.4, -0.2) is 25.5 Å². The van der Waals surface area contributed by atoms with Crippen molar-refractivity contribution in [3.05, 3.63) is 34.6 Å². The van der Waals surface area contributed by atoms with Crippen LogP contribution in [0.4, 0.5) is 4.39 Å². The quantitative estimate of drug-likeness (QED) is 0.901. The van der Waals surface area contributed by atoms with Crippen molar-refractivity contribution in [1.29, 1.82) is 0 Å². The minimum absolute atomic E-state index is 0. The van der Waals surface area contributed by atoms with E-state index < -0.39 is 5.82 Å². The molecule has 1 fully saturated rings. The number of halogens is 3. The number of hydrogen-bond acceptors (Lipinski definition) is 2. The molecule has 2 N–H and O–H groups in total. The zero-order chi connectivity index (χ0) is 13.0. The van der Waals surface area contributed by atoms with Gasteiger partial charge in [-0.05, 0) is 50.0 Å². The lowest BCUT2D eigenvalue weighted by Gasteiger charge is -2.22. The van der Waals surface area contributed by atoms with E-state index in [0.29, 0.717) is 18.0 Å². The summed E-state index contributed by atoms with van der Waals surface area (Å²) in [6.07, 6.45) is 2.25. The van der Waals surface area contributed by atoms with Crippen LogP contribution in [0.2, 0.25) is 5.02 Å². The second-order valence-electron chi connectivity index (χ2n) is 4.55. The van der Waals surface area contributed by atoms with Crippen LogP contribution in [0, 0.1) is 11.7 Å². The lowest BCUT2D eigenvalue weighted by atomic mass is 10.00. The molecule has 1 unspecified atom stereocenters. The zero-order valence-electron chi connectivity index (χ0n) is 10.4. The molecule has 1 saturated heterocycles. The normalized spacial score (nSPS) is 18.5. The number of rotatable bonds is 3. The summed E-state index contributed by atoms with van der Waals surface area (Å²) < 4.78 is 13.2. The Hall–Kier alpha value is -0.840. The fourth-order valence-corrected chi connectivity index (χ4v) is 2.19. The van der Waals surface area contributed by atoms with Crippen LogP contribution in [0.25, 0.3) is 0 Å². The van der Waals surface area contributed by atoms with Gasteiger partial charge in [0, 0.05) is 12.1 Å². The van der Waals surface area contributed by atoms with E-state index in [1.807, 2.05) is 0 Å². The molecule has 1 aliphatic rings. The summed E-state index contributed by atoms with van der Waals surface area (Å²) in [5.41, 5.74) is 0.306. The van der Waals surface area contributed by atoms with Crippen LogP contribution in [0.15, 0.2) is 18.2 Å². The first kappa shape index (κ1) is 16.2. The van der Waals surface area contributed by atoms with Crippen molar-refractivity contribution in [2.24, 2.45) is 5.92 Å². The Morgan fingerprint density at radius 3 is 2.95 bits per heavy atom. The molecule has 1 heterocycles. The third-order valence-corrected chi connectivity index (χ3v) is 3.44. The predicted molar refractivity (Wildman–Crippen MR) is 76.6 cm³/mol. The van der Waals surface area contributed by atoms with Crippen molar-refractivity contribution in [2.75, 3.05) is 19.6 Å². The minimum atomic E-state index is -0.566. The second-order valence-corrected chi connectivity index (χ2v) is 4.96. The predicted octanol–water partition coefficient (Wildman–Crippen LogP) is 2.63. The van der Waals surface area contributed by atoms with Crippen LogP contribution in [0.5, 0.6) is 0 Å². The van der Waals surface area contributed by atoms with Gasteiger partial charge < -0.3 is 10.6 Å². The van der Waals surface area contributed by atoms with Crippen molar-refractivity contribution >= 4 is 29.9 Å². The Morgan fingerprint density at radius 2 is 2.32 bits per heavy atom. The largest absolute Gasteiger partial charge is 0.352 e. The van der Waals surface area contributed by atoms with E-state index in [2.05, 4.69) is 10.6 Å². The molecule has 0 aliphatic carbocycles. The lowest BCUT2D eigenvalue weighted by molar-refractivity contribution is 0.0944. The fraction of sp³-hybridized carbons (Fsp3) is 0.462. The molecule has 1 amide bonds. The zero-order valence-corrected chi connectivity index (χ0v) is 12.0. The highest BCUT2D eigenvalue weighted by Gasteiger charge is 2.15. The van der Waals surface area contributed by atoms with Crippen molar-refractivity contribution in [3.63, 3.8) is 0 Å². The molecule has 1 aromatic carbocycles. The molecule has 0 radical (unpaired) electrons. The van der Waals surface area contributed by atoms with E-state index in [1.54, 1.807) is 0 Å². The van der Waals surface area contributed by atoms with Crippen molar-refractivity contribution in [2.45, 2.75) is 12.8 Å². The molecule has 2 rings (SSSR count). The minimum Gasteiger partial charge on any atom is -0.352 e. The number of piperidine rings is 1. The molecule has 1 atom stereocenters. The van der Waals surface area contributed by atoms with Crippen molar-refractivity contribution < 1.29 is 9.18 Å². The summed E-state index contributed by atoms with van der Waals surface area (Å²) in [7, 11) is 0. The van der Waals surface area contributed by atoms with Gasteiger partial charge in [0.15, 0.2) is 0 Å². The fourth-order valence-electron chi connectivity index (χ4n) is 2.07. The van der Waals surface area contributed by atoms with Gasteiger partial charge in [-0.25, -0.2) is 4.39 Å². The summed E-state index contributed by atoms with van der Waals surface area (Å²) >= 11 is 5.57. The number of nitrogens with one attached hydrogen (secondary N) is 2. The molecular weight excluding hydrogens is 290 g/mol. The first-order valence-corrected chi connectivity index (χ1v) is 6.48. The number of carbonyl (C=O) groups is 1. The SMILES string of the molecule is Cl.O=C(NCC1CCCNC1)c1ccc(Cl)c(F)c1. The smallest absolute Gasteiger partial charge is 0.251 e. The van der Waals surface area contributed by atoms with Crippen LogP contribution >= 0.6 is 24.0 Å². The summed E-state index contributed by atoms with van der Waals surface area (Å²) in [6, 6.07) is 4.09. The highest BCUT2D eigenvalue weighted by atomic mass is 35.5.